The molecule has 4 nitrogen and oxygen atoms in total. The van der Waals surface area contributed by atoms with Crippen LogP contribution in [0.4, 0.5) is 0 Å². The molecule has 106 valence electrons. The van der Waals surface area contributed by atoms with Crippen LogP contribution in [-0.4, -0.2) is 28.9 Å². The minimum Gasteiger partial charge on any atom is -0.497 e. The zero-order chi connectivity index (χ0) is 13.9. The van der Waals surface area contributed by atoms with Crippen molar-refractivity contribution >= 4 is 11.8 Å². The number of H-pyrrole nitrogens is 1. The summed E-state index contributed by atoms with van der Waals surface area (Å²) in [5.74, 6) is 0.926. The Labute approximate surface area is 123 Å². The molecule has 0 saturated carbocycles. The Morgan fingerprint density at radius 1 is 1.50 bits per heavy atom. The second-order valence-corrected chi connectivity index (χ2v) is 6.08. The maximum absolute atomic E-state index is 5.35. The molecule has 5 heteroatoms. The molecule has 1 aromatic heterocycles. The Bertz CT molecular complexity index is 571. The van der Waals surface area contributed by atoms with Crippen molar-refractivity contribution in [3.8, 4) is 5.75 Å². The molecule has 0 fully saturated rings. The number of thioether (sulfide) groups is 1. The topological polar surface area (TPSA) is 49.9 Å². The normalized spacial score (nSPS) is 20.9. The van der Waals surface area contributed by atoms with Gasteiger partial charge in [0.25, 0.3) is 0 Å². The van der Waals surface area contributed by atoms with Crippen molar-refractivity contribution in [2.24, 2.45) is 0 Å². The van der Waals surface area contributed by atoms with E-state index in [0.717, 1.165) is 23.9 Å². The van der Waals surface area contributed by atoms with Crippen LogP contribution in [0.1, 0.15) is 24.1 Å². The minimum absolute atomic E-state index is 0.347. The zero-order valence-electron chi connectivity index (χ0n) is 11.7. The van der Waals surface area contributed by atoms with Crippen LogP contribution in [0, 0.1) is 0 Å². The SMILES string of the molecule is CCNC1c2cc(OC)ccc2CC1Sc1ncc[nH]1. The van der Waals surface area contributed by atoms with Gasteiger partial charge in [-0.15, -0.1) is 0 Å². The highest BCUT2D eigenvalue weighted by Crippen LogP contribution is 2.41. The summed E-state index contributed by atoms with van der Waals surface area (Å²) in [6, 6.07) is 6.73. The van der Waals surface area contributed by atoms with Crippen LogP contribution in [-0.2, 0) is 6.42 Å². The van der Waals surface area contributed by atoms with Gasteiger partial charge in [-0.1, -0.05) is 24.8 Å². The van der Waals surface area contributed by atoms with Gasteiger partial charge < -0.3 is 15.0 Å². The first-order valence-corrected chi connectivity index (χ1v) is 7.76. The number of rotatable bonds is 5. The number of nitrogens with zero attached hydrogens (tertiary/aromatic N) is 1. The summed E-state index contributed by atoms with van der Waals surface area (Å²) in [5, 5.41) is 5.04. The quantitative estimate of drug-likeness (QED) is 0.888. The van der Waals surface area contributed by atoms with Gasteiger partial charge >= 0.3 is 0 Å². The van der Waals surface area contributed by atoms with Gasteiger partial charge in [0, 0.05) is 23.7 Å². The number of hydrogen-bond acceptors (Lipinski definition) is 4. The van der Waals surface area contributed by atoms with E-state index in [4.69, 9.17) is 4.74 Å². The molecule has 20 heavy (non-hydrogen) atoms. The highest BCUT2D eigenvalue weighted by atomic mass is 32.2. The van der Waals surface area contributed by atoms with E-state index in [0.29, 0.717) is 11.3 Å². The van der Waals surface area contributed by atoms with Crippen LogP contribution >= 0.6 is 11.8 Å². The summed E-state index contributed by atoms with van der Waals surface area (Å²) in [7, 11) is 1.72. The van der Waals surface area contributed by atoms with Gasteiger partial charge in [0.1, 0.15) is 5.75 Å². The summed E-state index contributed by atoms with van der Waals surface area (Å²) >= 11 is 1.81. The molecule has 3 rings (SSSR count). The lowest BCUT2D eigenvalue weighted by Gasteiger charge is -2.20. The number of aromatic amines is 1. The van der Waals surface area contributed by atoms with Crippen LogP contribution in [0.3, 0.4) is 0 Å². The molecule has 2 N–H and O–H groups in total. The van der Waals surface area contributed by atoms with Crippen molar-refractivity contribution in [3.05, 3.63) is 41.7 Å². The lowest BCUT2D eigenvalue weighted by Crippen LogP contribution is -2.26. The fourth-order valence-electron chi connectivity index (χ4n) is 2.74. The van der Waals surface area contributed by atoms with Crippen molar-refractivity contribution in [1.29, 1.82) is 0 Å². The van der Waals surface area contributed by atoms with E-state index in [1.165, 1.54) is 11.1 Å². The first-order chi connectivity index (χ1) is 9.81. The number of methoxy groups -OCH3 is 1. The zero-order valence-corrected chi connectivity index (χ0v) is 12.5. The molecule has 1 heterocycles. The molecular formula is C15H19N3OS. The van der Waals surface area contributed by atoms with Crippen LogP contribution in [0.15, 0.2) is 35.7 Å². The Morgan fingerprint density at radius 2 is 2.40 bits per heavy atom. The maximum atomic E-state index is 5.35. The number of fused-ring (bicyclic) bond motifs is 1. The summed E-state index contributed by atoms with van der Waals surface area (Å²) in [4.78, 5) is 7.50. The first-order valence-electron chi connectivity index (χ1n) is 6.88. The van der Waals surface area contributed by atoms with E-state index in [1.54, 1.807) is 25.1 Å². The lowest BCUT2D eigenvalue weighted by atomic mass is 10.1. The first kappa shape index (κ1) is 13.5. The molecule has 0 spiro atoms. The standard InChI is InChI=1S/C15H19N3OS/c1-3-16-14-12-9-11(19-2)5-4-10(12)8-13(14)20-15-17-6-7-18-15/h4-7,9,13-14,16H,3,8H2,1-2H3,(H,17,18). The van der Waals surface area contributed by atoms with Crippen LogP contribution in [0.2, 0.25) is 0 Å². The van der Waals surface area contributed by atoms with E-state index in [2.05, 4.69) is 34.3 Å². The minimum atomic E-state index is 0.347. The molecule has 1 aromatic carbocycles. The summed E-state index contributed by atoms with van der Waals surface area (Å²) < 4.78 is 5.35. The van der Waals surface area contributed by atoms with Crippen molar-refractivity contribution in [2.75, 3.05) is 13.7 Å². The van der Waals surface area contributed by atoms with Crippen molar-refractivity contribution in [3.63, 3.8) is 0 Å². The number of nitrogens with one attached hydrogen (secondary N) is 2. The number of hydrogen-bond donors (Lipinski definition) is 2. The van der Waals surface area contributed by atoms with Gasteiger partial charge in [-0.3, -0.25) is 0 Å². The number of imidazole rings is 1. The Morgan fingerprint density at radius 3 is 3.10 bits per heavy atom. The highest BCUT2D eigenvalue weighted by Gasteiger charge is 2.33. The van der Waals surface area contributed by atoms with E-state index in [-0.39, 0.29) is 0 Å². The van der Waals surface area contributed by atoms with Crippen molar-refractivity contribution in [1.82, 2.24) is 15.3 Å². The third kappa shape index (κ3) is 2.55. The van der Waals surface area contributed by atoms with Gasteiger partial charge in [0.05, 0.1) is 7.11 Å². The van der Waals surface area contributed by atoms with Gasteiger partial charge in [0.2, 0.25) is 0 Å². The summed E-state index contributed by atoms with van der Waals surface area (Å²) in [6.45, 7) is 3.10. The molecule has 0 radical (unpaired) electrons. The van der Waals surface area contributed by atoms with Crippen LogP contribution in [0.5, 0.6) is 5.75 Å². The molecule has 1 aliphatic carbocycles. The highest BCUT2D eigenvalue weighted by molar-refractivity contribution is 7.99. The fourth-order valence-corrected chi connectivity index (χ4v) is 3.93. The lowest BCUT2D eigenvalue weighted by molar-refractivity contribution is 0.413. The molecule has 0 bridgehead atoms. The van der Waals surface area contributed by atoms with Crippen molar-refractivity contribution < 1.29 is 4.74 Å². The fraction of sp³-hybridized carbons (Fsp3) is 0.400. The number of benzene rings is 1. The largest absolute Gasteiger partial charge is 0.497 e. The predicted molar refractivity (Wildman–Crippen MR) is 81.3 cm³/mol. The molecular weight excluding hydrogens is 270 g/mol. The summed E-state index contributed by atoms with van der Waals surface area (Å²) in [6.07, 6.45) is 4.73. The number of ether oxygens (including phenoxy) is 1. The average molecular weight is 289 g/mol. The van der Waals surface area contributed by atoms with Gasteiger partial charge in [0.15, 0.2) is 5.16 Å². The molecule has 0 amide bonds. The van der Waals surface area contributed by atoms with E-state index in [9.17, 15) is 0 Å². The van der Waals surface area contributed by atoms with Gasteiger partial charge in [-0.05, 0) is 36.2 Å². The van der Waals surface area contributed by atoms with E-state index < -0.39 is 0 Å². The maximum Gasteiger partial charge on any atom is 0.165 e. The van der Waals surface area contributed by atoms with E-state index in [1.807, 2.05) is 12.3 Å². The molecule has 2 atom stereocenters. The Balaban J connectivity index is 1.86. The predicted octanol–water partition coefficient (Wildman–Crippen LogP) is 2.79. The van der Waals surface area contributed by atoms with Crippen LogP contribution in [0.25, 0.3) is 0 Å². The molecule has 2 aromatic rings. The monoisotopic (exact) mass is 289 g/mol. The Kier molecular flexibility index (Phi) is 3.98. The number of aromatic nitrogens is 2. The second-order valence-electron chi connectivity index (χ2n) is 4.85. The van der Waals surface area contributed by atoms with Crippen molar-refractivity contribution in [2.45, 2.75) is 29.8 Å². The Hall–Kier alpha value is -1.46. The summed E-state index contributed by atoms with van der Waals surface area (Å²) in [5.41, 5.74) is 2.76. The molecule has 1 aliphatic rings. The third-order valence-electron chi connectivity index (χ3n) is 3.64. The van der Waals surface area contributed by atoms with Gasteiger partial charge in [-0.2, -0.15) is 0 Å². The molecule has 0 saturated heterocycles. The van der Waals surface area contributed by atoms with Gasteiger partial charge in [-0.25, -0.2) is 4.98 Å². The van der Waals surface area contributed by atoms with Crippen LogP contribution < -0.4 is 10.1 Å². The smallest absolute Gasteiger partial charge is 0.165 e. The average Bonchev–Trinajstić information content (AvgIpc) is 3.08. The molecule has 2 unspecified atom stereocenters. The molecule has 0 aliphatic heterocycles. The van der Waals surface area contributed by atoms with E-state index >= 15 is 0 Å². The second kappa shape index (κ2) is 5.89. The third-order valence-corrected chi connectivity index (χ3v) is 4.83.